The van der Waals surface area contributed by atoms with E-state index in [1.807, 2.05) is 18.2 Å². The highest BCUT2D eigenvalue weighted by atomic mass is 79.9. The Kier molecular flexibility index (Phi) is 9.61. The van der Waals surface area contributed by atoms with Crippen molar-refractivity contribution in [3.05, 3.63) is 28.2 Å². The summed E-state index contributed by atoms with van der Waals surface area (Å²) in [5, 5.41) is 0. The summed E-state index contributed by atoms with van der Waals surface area (Å²) in [5.41, 5.74) is 6.65. The molecule has 2 N–H and O–H groups in total. The van der Waals surface area contributed by atoms with Crippen molar-refractivity contribution in [1.82, 2.24) is 0 Å². The Hall–Kier alpha value is -0.660. The van der Waals surface area contributed by atoms with Crippen LogP contribution in [0.25, 0.3) is 0 Å². The minimum Gasteiger partial charge on any atom is -0.491 e. The van der Waals surface area contributed by atoms with Crippen molar-refractivity contribution in [1.29, 1.82) is 0 Å². The first-order chi connectivity index (χ1) is 9.77. The lowest BCUT2D eigenvalue weighted by Crippen LogP contribution is -2.12. The van der Waals surface area contributed by atoms with E-state index in [2.05, 4.69) is 15.9 Å². The summed E-state index contributed by atoms with van der Waals surface area (Å²) in [4.78, 5) is 0. The molecule has 0 aliphatic heterocycles. The molecule has 1 aromatic carbocycles. The van der Waals surface area contributed by atoms with Gasteiger partial charge in [-0.15, -0.1) is 0 Å². The van der Waals surface area contributed by atoms with Crippen LogP contribution in [0.3, 0.4) is 0 Å². The van der Waals surface area contributed by atoms with Crippen LogP contribution in [0, 0.1) is 0 Å². The van der Waals surface area contributed by atoms with E-state index in [-0.39, 0.29) is 0 Å². The summed E-state index contributed by atoms with van der Waals surface area (Å²) in [6, 6.07) is 5.76. The Bertz CT molecular complexity index is 376. The van der Waals surface area contributed by atoms with Gasteiger partial charge in [0.15, 0.2) is 0 Å². The van der Waals surface area contributed by atoms with Gasteiger partial charge in [-0.3, -0.25) is 0 Å². The van der Waals surface area contributed by atoms with Crippen LogP contribution < -0.4 is 10.5 Å². The standard InChI is InChI=1S/C14H22BrNO4/c1-17-4-5-18-6-7-19-8-9-20-13-2-3-14(15)12(10-13)11-16/h2-3,10H,4-9,11,16H2,1H3. The Balaban J connectivity index is 2.06. The van der Waals surface area contributed by atoms with Crippen LogP contribution >= 0.6 is 15.9 Å². The molecular weight excluding hydrogens is 326 g/mol. The van der Waals surface area contributed by atoms with Gasteiger partial charge in [0.25, 0.3) is 0 Å². The number of methoxy groups -OCH3 is 1. The van der Waals surface area contributed by atoms with Crippen LogP contribution in [0.15, 0.2) is 22.7 Å². The minimum absolute atomic E-state index is 0.479. The van der Waals surface area contributed by atoms with Gasteiger partial charge in [0, 0.05) is 18.1 Å². The number of rotatable bonds is 11. The lowest BCUT2D eigenvalue weighted by Gasteiger charge is -2.09. The van der Waals surface area contributed by atoms with E-state index in [4.69, 9.17) is 24.7 Å². The third-order valence-electron chi connectivity index (χ3n) is 2.54. The summed E-state index contributed by atoms with van der Waals surface area (Å²) < 4.78 is 22.1. The lowest BCUT2D eigenvalue weighted by molar-refractivity contribution is 0.0179. The van der Waals surface area contributed by atoms with Gasteiger partial charge in [0.2, 0.25) is 0 Å². The monoisotopic (exact) mass is 347 g/mol. The first-order valence-corrected chi connectivity index (χ1v) is 7.33. The molecule has 0 saturated heterocycles. The molecule has 114 valence electrons. The normalized spacial score (nSPS) is 10.8. The molecule has 20 heavy (non-hydrogen) atoms. The van der Waals surface area contributed by atoms with Crippen molar-refractivity contribution in [2.75, 3.05) is 46.8 Å². The number of ether oxygens (including phenoxy) is 4. The molecule has 1 aromatic rings. The molecule has 0 aliphatic carbocycles. The third-order valence-corrected chi connectivity index (χ3v) is 3.31. The molecule has 0 spiro atoms. The van der Waals surface area contributed by atoms with Gasteiger partial charge in [0.05, 0.1) is 33.0 Å². The maximum atomic E-state index is 5.63. The Labute approximate surface area is 128 Å². The van der Waals surface area contributed by atoms with Gasteiger partial charge in [-0.25, -0.2) is 0 Å². The van der Waals surface area contributed by atoms with Crippen LogP contribution in [-0.2, 0) is 20.8 Å². The molecule has 0 heterocycles. The highest BCUT2D eigenvalue weighted by Gasteiger charge is 2.01. The molecule has 0 radical (unpaired) electrons. The number of halogens is 1. The number of nitrogens with two attached hydrogens (primary N) is 1. The van der Waals surface area contributed by atoms with Crippen LogP contribution in [0.4, 0.5) is 0 Å². The first-order valence-electron chi connectivity index (χ1n) is 6.53. The molecule has 5 nitrogen and oxygen atoms in total. The van der Waals surface area contributed by atoms with Gasteiger partial charge in [0.1, 0.15) is 12.4 Å². The van der Waals surface area contributed by atoms with Crippen LogP contribution in [0.1, 0.15) is 5.56 Å². The first kappa shape index (κ1) is 17.4. The Morgan fingerprint density at radius 1 is 1.00 bits per heavy atom. The second kappa shape index (κ2) is 11.0. The van der Waals surface area contributed by atoms with E-state index in [0.717, 1.165) is 15.8 Å². The molecule has 0 aromatic heterocycles. The summed E-state index contributed by atoms with van der Waals surface area (Å²) in [7, 11) is 1.65. The predicted molar refractivity (Wildman–Crippen MR) is 81.0 cm³/mol. The molecule has 0 atom stereocenters. The molecule has 0 amide bonds. The molecular formula is C14H22BrNO4. The van der Waals surface area contributed by atoms with Gasteiger partial charge < -0.3 is 24.7 Å². The maximum Gasteiger partial charge on any atom is 0.119 e. The predicted octanol–water partition coefficient (Wildman–Crippen LogP) is 1.97. The maximum absolute atomic E-state index is 5.63. The molecule has 0 fully saturated rings. The van der Waals surface area contributed by atoms with Crippen molar-refractivity contribution in [2.24, 2.45) is 5.73 Å². The Morgan fingerprint density at radius 2 is 1.65 bits per heavy atom. The topological polar surface area (TPSA) is 62.9 Å². The molecule has 6 heteroatoms. The fraction of sp³-hybridized carbons (Fsp3) is 0.571. The van der Waals surface area contributed by atoms with Crippen molar-refractivity contribution in [3.63, 3.8) is 0 Å². The average Bonchev–Trinajstić information content (AvgIpc) is 2.47. The fourth-order valence-electron chi connectivity index (χ4n) is 1.48. The van der Waals surface area contributed by atoms with Crippen molar-refractivity contribution in [2.45, 2.75) is 6.54 Å². The zero-order valence-electron chi connectivity index (χ0n) is 11.8. The average molecular weight is 348 g/mol. The second-order valence-electron chi connectivity index (χ2n) is 4.02. The summed E-state index contributed by atoms with van der Waals surface area (Å²) in [6.07, 6.45) is 0. The van der Waals surface area contributed by atoms with Crippen molar-refractivity contribution < 1.29 is 18.9 Å². The molecule has 1 rings (SSSR count). The highest BCUT2D eigenvalue weighted by Crippen LogP contribution is 2.22. The Morgan fingerprint density at radius 3 is 2.30 bits per heavy atom. The van der Waals surface area contributed by atoms with E-state index in [1.54, 1.807) is 7.11 Å². The van der Waals surface area contributed by atoms with E-state index in [0.29, 0.717) is 46.2 Å². The van der Waals surface area contributed by atoms with Crippen molar-refractivity contribution >= 4 is 15.9 Å². The number of hydrogen-bond acceptors (Lipinski definition) is 5. The molecule has 0 bridgehead atoms. The highest BCUT2D eigenvalue weighted by molar-refractivity contribution is 9.10. The van der Waals surface area contributed by atoms with Gasteiger partial charge in [-0.05, 0) is 23.8 Å². The summed E-state index contributed by atoms with van der Waals surface area (Å²) in [5.74, 6) is 0.800. The lowest BCUT2D eigenvalue weighted by atomic mass is 10.2. The zero-order chi connectivity index (χ0) is 14.6. The van der Waals surface area contributed by atoms with E-state index >= 15 is 0 Å². The molecule has 0 aliphatic rings. The van der Waals surface area contributed by atoms with E-state index in [1.165, 1.54) is 0 Å². The third kappa shape index (κ3) is 7.21. The zero-order valence-corrected chi connectivity index (χ0v) is 13.4. The van der Waals surface area contributed by atoms with Gasteiger partial charge in [-0.1, -0.05) is 15.9 Å². The smallest absolute Gasteiger partial charge is 0.119 e. The SMILES string of the molecule is COCCOCCOCCOc1ccc(Br)c(CN)c1. The van der Waals surface area contributed by atoms with Crippen LogP contribution in [0.5, 0.6) is 5.75 Å². The molecule has 0 unspecified atom stereocenters. The summed E-state index contributed by atoms with van der Waals surface area (Å²) >= 11 is 3.44. The fourth-order valence-corrected chi connectivity index (χ4v) is 1.89. The summed E-state index contributed by atoms with van der Waals surface area (Å²) in [6.45, 7) is 3.84. The number of hydrogen-bond donors (Lipinski definition) is 1. The quantitative estimate of drug-likeness (QED) is 0.620. The van der Waals surface area contributed by atoms with Crippen molar-refractivity contribution in [3.8, 4) is 5.75 Å². The van der Waals surface area contributed by atoms with Gasteiger partial charge >= 0.3 is 0 Å². The van der Waals surface area contributed by atoms with Crippen LogP contribution in [-0.4, -0.2) is 46.8 Å². The number of benzene rings is 1. The van der Waals surface area contributed by atoms with Gasteiger partial charge in [-0.2, -0.15) is 0 Å². The largest absolute Gasteiger partial charge is 0.491 e. The van der Waals surface area contributed by atoms with Crippen LogP contribution in [0.2, 0.25) is 0 Å². The second-order valence-corrected chi connectivity index (χ2v) is 4.88. The minimum atomic E-state index is 0.479. The van der Waals surface area contributed by atoms with E-state index < -0.39 is 0 Å². The molecule has 0 saturated carbocycles. The van der Waals surface area contributed by atoms with E-state index in [9.17, 15) is 0 Å².